The summed E-state index contributed by atoms with van der Waals surface area (Å²) in [7, 11) is 0. The molecule has 1 aliphatic carbocycles. The molecule has 1 N–H and O–H groups in total. The SMILES string of the molecule is O=C(c1ccc(N2CCOCC2)nc1)N1CCO[C@H]2C[C@H](CO)C[C@@H]21. The van der Waals surface area contributed by atoms with Crippen molar-refractivity contribution in [1.82, 2.24) is 9.88 Å². The molecule has 0 radical (unpaired) electrons. The Hall–Kier alpha value is -1.70. The molecule has 0 aromatic carbocycles. The summed E-state index contributed by atoms with van der Waals surface area (Å²) >= 11 is 0. The van der Waals surface area contributed by atoms with Crippen LogP contribution in [0.25, 0.3) is 0 Å². The van der Waals surface area contributed by atoms with E-state index in [4.69, 9.17) is 9.47 Å². The van der Waals surface area contributed by atoms with Gasteiger partial charge in [0, 0.05) is 32.4 Å². The quantitative estimate of drug-likeness (QED) is 0.860. The Morgan fingerprint density at radius 1 is 1.20 bits per heavy atom. The number of hydrogen-bond donors (Lipinski definition) is 1. The zero-order valence-electron chi connectivity index (χ0n) is 14.3. The van der Waals surface area contributed by atoms with Gasteiger partial charge in [0.2, 0.25) is 0 Å². The number of amides is 1. The molecule has 3 heterocycles. The molecule has 7 heteroatoms. The summed E-state index contributed by atoms with van der Waals surface area (Å²) in [6.07, 6.45) is 3.37. The van der Waals surface area contributed by atoms with Gasteiger partial charge in [0.1, 0.15) is 5.82 Å². The summed E-state index contributed by atoms with van der Waals surface area (Å²) in [6, 6.07) is 3.85. The molecule has 0 unspecified atom stereocenters. The monoisotopic (exact) mass is 347 g/mol. The predicted octanol–water partition coefficient (Wildman–Crippen LogP) is 0.530. The van der Waals surface area contributed by atoms with E-state index in [0.717, 1.165) is 31.7 Å². The number of anilines is 1. The van der Waals surface area contributed by atoms with E-state index in [1.807, 2.05) is 17.0 Å². The summed E-state index contributed by atoms with van der Waals surface area (Å²) in [5.74, 6) is 1.13. The fraction of sp³-hybridized carbons (Fsp3) is 0.667. The van der Waals surface area contributed by atoms with E-state index in [-0.39, 0.29) is 30.6 Å². The summed E-state index contributed by atoms with van der Waals surface area (Å²) in [5.41, 5.74) is 0.616. The predicted molar refractivity (Wildman–Crippen MR) is 91.6 cm³/mol. The number of morpholine rings is 2. The molecule has 3 aliphatic rings. The molecule has 0 bridgehead atoms. The van der Waals surface area contributed by atoms with E-state index in [1.165, 1.54) is 0 Å². The summed E-state index contributed by atoms with van der Waals surface area (Å²) in [5, 5.41) is 9.43. The van der Waals surface area contributed by atoms with Crippen LogP contribution in [-0.2, 0) is 9.47 Å². The molecule has 1 amide bonds. The molecule has 0 spiro atoms. The first-order valence-electron chi connectivity index (χ1n) is 9.08. The van der Waals surface area contributed by atoms with Crippen LogP contribution in [0.1, 0.15) is 23.2 Å². The molecule has 1 aromatic heterocycles. The van der Waals surface area contributed by atoms with Crippen molar-refractivity contribution in [3.8, 4) is 0 Å². The molecular formula is C18H25N3O4. The maximum absolute atomic E-state index is 13.0. The molecule has 7 nitrogen and oxygen atoms in total. The van der Waals surface area contributed by atoms with Gasteiger partial charge >= 0.3 is 0 Å². The van der Waals surface area contributed by atoms with Gasteiger partial charge in [0.25, 0.3) is 5.91 Å². The van der Waals surface area contributed by atoms with Crippen LogP contribution in [0.15, 0.2) is 18.3 Å². The average Bonchev–Trinajstić information content (AvgIpc) is 3.12. The molecule has 25 heavy (non-hydrogen) atoms. The van der Waals surface area contributed by atoms with Gasteiger partial charge in [0.15, 0.2) is 0 Å². The van der Waals surface area contributed by atoms with Crippen LogP contribution in [0, 0.1) is 5.92 Å². The Balaban J connectivity index is 1.46. The smallest absolute Gasteiger partial charge is 0.255 e. The fourth-order valence-corrected chi connectivity index (χ4v) is 4.11. The maximum Gasteiger partial charge on any atom is 0.255 e. The van der Waals surface area contributed by atoms with Gasteiger partial charge in [-0.15, -0.1) is 0 Å². The minimum Gasteiger partial charge on any atom is -0.396 e. The Kier molecular flexibility index (Phi) is 4.87. The number of carbonyl (C=O) groups excluding carboxylic acids is 1. The van der Waals surface area contributed by atoms with Crippen LogP contribution in [0.2, 0.25) is 0 Å². The number of aliphatic hydroxyl groups is 1. The van der Waals surface area contributed by atoms with Gasteiger partial charge < -0.3 is 24.4 Å². The molecule has 3 atom stereocenters. The number of hydrogen-bond acceptors (Lipinski definition) is 6. The first kappa shape index (κ1) is 16.8. The number of ether oxygens (including phenoxy) is 2. The number of rotatable bonds is 3. The van der Waals surface area contributed by atoms with E-state index >= 15 is 0 Å². The van der Waals surface area contributed by atoms with Crippen molar-refractivity contribution in [2.75, 3.05) is 51.0 Å². The highest BCUT2D eigenvalue weighted by atomic mass is 16.5. The number of nitrogens with zero attached hydrogens (tertiary/aromatic N) is 3. The van der Waals surface area contributed by atoms with Crippen LogP contribution < -0.4 is 4.90 Å². The van der Waals surface area contributed by atoms with E-state index < -0.39 is 0 Å². The number of carbonyl (C=O) groups is 1. The van der Waals surface area contributed by atoms with Crippen LogP contribution in [-0.4, -0.2) is 79.1 Å². The van der Waals surface area contributed by atoms with Gasteiger partial charge in [-0.1, -0.05) is 0 Å². The molecule has 1 saturated carbocycles. The topological polar surface area (TPSA) is 75.1 Å². The molecule has 2 aliphatic heterocycles. The third kappa shape index (κ3) is 3.36. The molecule has 3 fully saturated rings. The lowest BCUT2D eigenvalue weighted by Crippen LogP contribution is -2.51. The third-order valence-electron chi connectivity index (χ3n) is 5.48. The van der Waals surface area contributed by atoms with Crippen molar-refractivity contribution in [2.45, 2.75) is 25.0 Å². The van der Waals surface area contributed by atoms with Crippen molar-refractivity contribution in [3.63, 3.8) is 0 Å². The molecule has 4 rings (SSSR count). The number of fused-ring (bicyclic) bond motifs is 1. The van der Waals surface area contributed by atoms with Crippen molar-refractivity contribution in [1.29, 1.82) is 0 Å². The van der Waals surface area contributed by atoms with Crippen LogP contribution in [0.5, 0.6) is 0 Å². The van der Waals surface area contributed by atoms with Gasteiger partial charge in [0.05, 0.1) is 37.5 Å². The minimum atomic E-state index is 0.0120. The van der Waals surface area contributed by atoms with Crippen LogP contribution in [0.4, 0.5) is 5.82 Å². The lowest BCUT2D eigenvalue weighted by Gasteiger charge is -2.37. The van der Waals surface area contributed by atoms with Gasteiger partial charge in [-0.05, 0) is 30.9 Å². The maximum atomic E-state index is 13.0. The number of aromatic nitrogens is 1. The van der Waals surface area contributed by atoms with Crippen molar-refractivity contribution < 1.29 is 19.4 Å². The molecule has 1 aromatic rings. The second-order valence-electron chi connectivity index (χ2n) is 7.00. The first-order chi connectivity index (χ1) is 12.3. The third-order valence-corrected chi connectivity index (χ3v) is 5.48. The van der Waals surface area contributed by atoms with Crippen molar-refractivity contribution in [3.05, 3.63) is 23.9 Å². The summed E-state index contributed by atoms with van der Waals surface area (Å²) in [6.45, 7) is 4.41. The Morgan fingerprint density at radius 2 is 2.04 bits per heavy atom. The summed E-state index contributed by atoms with van der Waals surface area (Å²) < 4.78 is 11.2. The summed E-state index contributed by atoms with van der Waals surface area (Å²) in [4.78, 5) is 21.5. The highest BCUT2D eigenvalue weighted by molar-refractivity contribution is 5.94. The first-order valence-corrected chi connectivity index (χ1v) is 9.08. The number of aliphatic hydroxyl groups excluding tert-OH is 1. The second kappa shape index (κ2) is 7.27. The second-order valence-corrected chi connectivity index (χ2v) is 7.00. The van der Waals surface area contributed by atoms with Gasteiger partial charge in [-0.3, -0.25) is 4.79 Å². The standard InChI is InChI=1S/C18H25N3O4/c22-12-13-9-15-16(10-13)25-8-5-21(15)18(23)14-1-2-17(19-11-14)20-3-6-24-7-4-20/h1-2,11,13,15-16,22H,3-10,12H2/t13-,15+,16+/m1/s1. The fourth-order valence-electron chi connectivity index (χ4n) is 4.11. The largest absolute Gasteiger partial charge is 0.396 e. The van der Waals surface area contributed by atoms with E-state index in [9.17, 15) is 9.90 Å². The van der Waals surface area contributed by atoms with Gasteiger partial charge in [-0.25, -0.2) is 4.98 Å². The number of pyridine rings is 1. The van der Waals surface area contributed by atoms with E-state index in [1.54, 1.807) is 6.20 Å². The van der Waals surface area contributed by atoms with E-state index in [2.05, 4.69) is 9.88 Å². The Labute approximate surface area is 147 Å². The molecule has 136 valence electrons. The Bertz CT molecular complexity index is 603. The lowest BCUT2D eigenvalue weighted by atomic mass is 10.1. The van der Waals surface area contributed by atoms with Gasteiger partial charge in [-0.2, -0.15) is 0 Å². The zero-order valence-corrected chi connectivity index (χ0v) is 14.3. The Morgan fingerprint density at radius 3 is 2.76 bits per heavy atom. The minimum absolute atomic E-state index is 0.0120. The van der Waals surface area contributed by atoms with Crippen LogP contribution in [0.3, 0.4) is 0 Å². The van der Waals surface area contributed by atoms with Crippen molar-refractivity contribution >= 4 is 11.7 Å². The molecule has 2 saturated heterocycles. The average molecular weight is 347 g/mol. The van der Waals surface area contributed by atoms with Crippen LogP contribution >= 0.6 is 0 Å². The van der Waals surface area contributed by atoms with E-state index in [0.29, 0.717) is 31.9 Å². The zero-order chi connectivity index (χ0) is 17.2. The highest BCUT2D eigenvalue weighted by Crippen LogP contribution is 2.34. The lowest BCUT2D eigenvalue weighted by molar-refractivity contribution is -0.0449. The normalized spacial score (nSPS) is 29.6. The molecular weight excluding hydrogens is 322 g/mol. The van der Waals surface area contributed by atoms with Crippen molar-refractivity contribution in [2.24, 2.45) is 5.92 Å². The highest BCUT2D eigenvalue weighted by Gasteiger charge is 2.42.